The molecule has 90 valence electrons. The molecular formula is C17H22. The van der Waals surface area contributed by atoms with Gasteiger partial charge in [0.1, 0.15) is 0 Å². The molecule has 0 N–H and O–H groups in total. The van der Waals surface area contributed by atoms with Crippen LogP contribution in [0.25, 0.3) is 5.57 Å². The topological polar surface area (TPSA) is 0 Å². The predicted molar refractivity (Wildman–Crippen MR) is 78.1 cm³/mol. The van der Waals surface area contributed by atoms with Gasteiger partial charge in [-0.1, -0.05) is 75.9 Å². The Morgan fingerprint density at radius 3 is 2.35 bits per heavy atom. The fraction of sp³-hybridized carbons (Fsp3) is 0.294. The molecule has 0 saturated carbocycles. The van der Waals surface area contributed by atoms with Crippen LogP contribution in [0.15, 0.2) is 55.7 Å². The summed E-state index contributed by atoms with van der Waals surface area (Å²) in [6.07, 6.45) is 8.13. The van der Waals surface area contributed by atoms with Crippen LogP contribution in [0.3, 0.4) is 0 Å². The molecule has 0 bridgehead atoms. The molecule has 0 aliphatic carbocycles. The van der Waals surface area contributed by atoms with Crippen molar-refractivity contribution in [1.82, 2.24) is 0 Å². The Morgan fingerprint density at radius 1 is 1.24 bits per heavy atom. The van der Waals surface area contributed by atoms with Crippen LogP contribution in [-0.4, -0.2) is 0 Å². The molecule has 0 heterocycles. The molecule has 0 heteroatoms. The molecule has 0 saturated heterocycles. The molecule has 1 atom stereocenters. The van der Waals surface area contributed by atoms with Gasteiger partial charge in [-0.2, -0.15) is 0 Å². The van der Waals surface area contributed by atoms with Gasteiger partial charge in [-0.15, -0.1) is 0 Å². The lowest BCUT2D eigenvalue weighted by Gasteiger charge is -2.11. The van der Waals surface area contributed by atoms with Crippen molar-refractivity contribution < 1.29 is 0 Å². The highest BCUT2D eigenvalue weighted by Crippen LogP contribution is 2.23. The van der Waals surface area contributed by atoms with E-state index in [4.69, 9.17) is 0 Å². The first-order valence-electron chi connectivity index (χ1n) is 6.28. The van der Waals surface area contributed by atoms with E-state index in [1.165, 1.54) is 24.0 Å². The van der Waals surface area contributed by atoms with Crippen LogP contribution in [0.1, 0.15) is 43.7 Å². The van der Waals surface area contributed by atoms with E-state index in [9.17, 15) is 0 Å². The maximum absolute atomic E-state index is 3.83. The van der Waals surface area contributed by atoms with Crippen LogP contribution in [-0.2, 0) is 0 Å². The smallest absolute Gasteiger partial charge is 0.0184 e. The zero-order valence-corrected chi connectivity index (χ0v) is 10.9. The molecule has 0 nitrogen and oxygen atoms in total. The number of benzene rings is 1. The summed E-state index contributed by atoms with van der Waals surface area (Å²) in [5, 5.41) is 0. The molecule has 0 spiro atoms. The fourth-order valence-electron chi connectivity index (χ4n) is 2.01. The summed E-state index contributed by atoms with van der Waals surface area (Å²) >= 11 is 0. The van der Waals surface area contributed by atoms with Crippen molar-refractivity contribution in [2.24, 2.45) is 0 Å². The second kappa shape index (κ2) is 6.90. The number of allylic oxidation sites excluding steroid dienone is 4. The first-order valence-corrected chi connectivity index (χ1v) is 6.28. The van der Waals surface area contributed by atoms with Crippen LogP contribution in [0.4, 0.5) is 0 Å². The summed E-state index contributed by atoms with van der Waals surface area (Å²) in [6.45, 7) is 12.1. The van der Waals surface area contributed by atoms with Gasteiger partial charge in [0, 0.05) is 0 Å². The van der Waals surface area contributed by atoms with E-state index >= 15 is 0 Å². The lowest BCUT2D eigenvalue weighted by atomic mass is 9.94. The van der Waals surface area contributed by atoms with E-state index < -0.39 is 0 Å². The largest absolute Gasteiger partial charge is 0.0990 e. The third kappa shape index (κ3) is 3.74. The predicted octanol–water partition coefficient (Wildman–Crippen LogP) is 5.35. The molecule has 0 fully saturated rings. The summed E-state index contributed by atoms with van der Waals surface area (Å²) in [7, 11) is 0. The Hall–Kier alpha value is -1.56. The van der Waals surface area contributed by atoms with Crippen molar-refractivity contribution in [2.75, 3.05) is 0 Å². The number of rotatable bonds is 6. The molecule has 0 amide bonds. The average Bonchev–Trinajstić information content (AvgIpc) is 2.36. The zero-order valence-electron chi connectivity index (χ0n) is 10.9. The van der Waals surface area contributed by atoms with Gasteiger partial charge in [-0.3, -0.25) is 0 Å². The molecule has 1 aromatic carbocycles. The van der Waals surface area contributed by atoms with Gasteiger partial charge >= 0.3 is 0 Å². The van der Waals surface area contributed by atoms with Gasteiger partial charge in [0.25, 0.3) is 0 Å². The average molecular weight is 226 g/mol. The van der Waals surface area contributed by atoms with E-state index in [1.54, 1.807) is 6.08 Å². The summed E-state index contributed by atoms with van der Waals surface area (Å²) in [4.78, 5) is 0. The van der Waals surface area contributed by atoms with Crippen molar-refractivity contribution >= 4 is 5.57 Å². The monoisotopic (exact) mass is 226 g/mol. The molecule has 0 radical (unpaired) electrons. The first-order chi connectivity index (χ1) is 8.22. The van der Waals surface area contributed by atoms with E-state index in [0.717, 1.165) is 5.57 Å². The van der Waals surface area contributed by atoms with Crippen molar-refractivity contribution in [1.29, 1.82) is 0 Å². The summed E-state index contributed by atoms with van der Waals surface area (Å²) < 4.78 is 0. The SMILES string of the molecule is C=C/C=C(\C=C)c1ccc(C(C)CCC)cc1. The second-order valence-corrected chi connectivity index (χ2v) is 4.37. The van der Waals surface area contributed by atoms with Crippen molar-refractivity contribution in [3.63, 3.8) is 0 Å². The molecule has 1 aromatic rings. The Balaban J connectivity index is 2.90. The third-order valence-electron chi connectivity index (χ3n) is 3.05. The molecular weight excluding hydrogens is 204 g/mol. The zero-order chi connectivity index (χ0) is 12.7. The standard InChI is InChI=1S/C17H22/c1-5-8-14(4)16-10-12-17(13-11-16)15(7-3)9-6-2/h6-7,9-14H,2-3,5,8H2,1,4H3/b15-9+. The molecule has 0 aliphatic heterocycles. The minimum absolute atomic E-state index is 0.643. The van der Waals surface area contributed by atoms with Crippen molar-refractivity contribution in [3.8, 4) is 0 Å². The minimum atomic E-state index is 0.643. The van der Waals surface area contributed by atoms with E-state index in [1.807, 2.05) is 12.2 Å². The lowest BCUT2D eigenvalue weighted by Crippen LogP contribution is -1.93. The van der Waals surface area contributed by atoms with Crippen LogP contribution in [0.5, 0.6) is 0 Å². The van der Waals surface area contributed by atoms with Gasteiger partial charge in [0.2, 0.25) is 0 Å². The minimum Gasteiger partial charge on any atom is -0.0990 e. The molecule has 1 unspecified atom stereocenters. The van der Waals surface area contributed by atoms with Gasteiger partial charge in [0.05, 0.1) is 0 Å². The Bertz CT molecular complexity index is 393. The normalized spacial score (nSPS) is 13.2. The maximum Gasteiger partial charge on any atom is -0.0184 e. The highest BCUT2D eigenvalue weighted by atomic mass is 14.1. The van der Waals surface area contributed by atoms with Crippen LogP contribution in [0, 0.1) is 0 Å². The molecule has 0 aliphatic rings. The Morgan fingerprint density at radius 2 is 1.88 bits per heavy atom. The lowest BCUT2D eigenvalue weighted by molar-refractivity contribution is 0.665. The maximum atomic E-state index is 3.83. The molecule has 17 heavy (non-hydrogen) atoms. The van der Waals surface area contributed by atoms with E-state index in [-0.39, 0.29) is 0 Å². The van der Waals surface area contributed by atoms with Gasteiger partial charge in [-0.05, 0) is 29.0 Å². The number of hydrogen-bond acceptors (Lipinski definition) is 0. The highest BCUT2D eigenvalue weighted by molar-refractivity contribution is 5.74. The summed E-state index contributed by atoms with van der Waals surface area (Å²) in [5.41, 5.74) is 3.74. The van der Waals surface area contributed by atoms with E-state index in [2.05, 4.69) is 51.3 Å². The summed E-state index contributed by atoms with van der Waals surface area (Å²) in [6, 6.07) is 8.77. The van der Waals surface area contributed by atoms with Crippen molar-refractivity contribution in [2.45, 2.75) is 32.6 Å². The van der Waals surface area contributed by atoms with Gasteiger partial charge < -0.3 is 0 Å². The quantitative estimate of drug-likeness (QED) is 0.574. The van der Waals surface area contributed by atoms with Gasteiger partial charge in [0.15, 0.2) is 0 Å². The van der Waals surface area contributed by atoms with Crippen molar-refractivity contribution in [3.05, 3.63) is 66.8 Å². The van der Waals surface area contributed by atoms with E-state index in [0.29, 0.717) is 5.92 Å². The fourth-order valence-corrected chi connectivity index (χ4v) is 2.01. The molecule has 0 aromatic heterocycles. The van der Waals surface area contributed by atoms with Crippen LogP contribution in [0.2, 0.25) is 0 Å². The van der Waals surface area contributed by atoms with Crippen LogP contribution >= 0.6 is 0 Å². The highest BCUT2D eigenvalue weighted by Gasteiger charge is 2.04. The summed E-state index contributed by atoms with van der Waals surface area (Å²) in [5.74, 6) is 0.643. The number of hydrogen-bond donors (Lipinski definition) is 0. The second-order valence-electron chi connectivity index (χ2n) is 4.37. The molecule has 1 rings (SSSR count). The van der Waals surface area contributed by atoms with Gasteiger partial charge in [-0.25, -0.2) is 0 Å². The van der Waals surface area contributed by atoms with Crippen LogP contribution < -0.4 is 0 Å². The Kier molecular flexibility index (Phi) is 5.48. The third-order valence-corrected chi connectivity index (χ3v) is 3.05. The first kappa shape index (κ1) is 13.5. The Labute approximate surface area is 105 Å².